The fourth-order valence-electron chi connectivity index (χ4n) is 2.56. The van der Waals surface area contributed by atoms with Crippen LogP contribution in [0.25, 0.3) is 0 Å². The molecule has 6 heteroatoms. The molecule has 0 saturated heterocycles. The summed E-state index contributed by atoms with van der Waals surface area (Å²) in [6.07, 6.45) is 0.430. The first-order valence-corrected chi connectivity index (χ1v) is 7.28. The molecule has 21 heavy (non-hydrogen) atoms. The average molecular weight is 349 g/mol. The molecule has 1 aliphatic rings. The van der Waals surface area contributed by atoms with Gasteiger partial charge in [-0.05, 0) is 39.2 Å². The monoisotopic (exact) mass is 348 g/mol. The van der Waals surface area contributed by atoms with Gasteiger partial charge in [-0.3, -0.25) is 9.59 Å². The molecule has 3 rings (SSSR count). The molecule has 108 valence electrons. The van der Waals surface area contributed by atoms with Crippen LogP contribution in [0, 0.1) is 0 Å². The summed E-state index contributed by atoms with van der Waals surface area (Å²) in [5.41, 5.74) is 7.53. The minimum atomic E-state index is -0.656. The third-order valence-corrected chi connectivity index (χ3v) is 4.05. The van der Waals surface area contributed by atoms with Crippen LogP contribution in [0.5, 0.6) is 0 Å². The summed E-state index contributed by atoms with van der Waals surface area (Å²) in [6.45, 7) is 0.348. The Bertz CT molecular complexity index is 710. The van der Waals surface area contributed by atoms with Crippen molar-refractivity contribution in [3.63, 3.8) is 0 Å². The fourth-order valence-corrected chi connectivity index (χ4v) is 2.87. The Balaban J connectivity index is 1.96. The number of nitrogens with zero attached hydrogens (tertiary/aromatic N) is 1. The number of carbonyl (C=O) groups excluding carboxylic acids is 2. The van der Waals surface area contributed by atoms with E-state index >= 15 is 0 Å². The van der Waals surface area contributed by atoms with Crippen molar-refractivity contribution in [2.75, 3.05) is 0 Å². The van der Waals surface area contributed by atoms with Crippen molar-refractivity contribution < 1.29 is 14.0 Å². The second kappa shape index (κ2) is 5.37. The highest BCUT2D eigenvalue weighted by molar-refractivity contribution is 9.10. The van der Waals surface area contributed by atoms with Gasteiger partial charge in [0.05, 0.1) is 0 Å². The lowest BCUT2D eigenvalue weighted by atomic mass is 9.93. The van der Waals surface area contributed by atoms with Crippen LogP contribution in [0.2, 0.25) is 0 Å². The lowest BCUT2D eigenvalue weighted by Crippen LogP contribution is -2.51. The highest BCUT2D eigenvalue weighted by Crippen LogP contribution is 2.26. The Hall–Kier alpha value is -2.08. The van der Waals surface area contributed by atoms with Crippen molar-refractivity contribution in [3.8, 4) is 0 Å². The maximum atomic E-state index is 12.5. The molecular formula is C15H13BrN2O3. The predicted octanol–water partition coefficient (Wildman–Crippen LogP) is 2.09. The van der Waals surface area contributed by atoms with Crippen LogP contribution in [0.3, 0.4) is 0 Å². The number of primary amides is 1. The molecule has 0 radical (unpaired) electrons. The van der Waals surface area contributed by atoms with Crippen molar-refractivity contribution in [2.45, 2.75) is 19.0 Å². The third kappa shape index (κ3) is 2.58. The number of furan rings is 1. The van der Waals surface area contributed by atoms with Crippen LogP contribution in [-0.4, -0.2) is 22.8 Å². The van der Waals surface area contributed by atoms with Crippen LogP contribution < -0.4 is 5.73 Å². The number of nitrogens with two attached hydrogens (primary N) is 1. The molecule has 2 amide bonds. The zero-order valence-corrected chi connectivity index (χ0v) is 12.7. The van der Waals surface area contributed by atoms with Gasteiger partial charge in [-0.1, -0.05) is 24.3 Å². The van der Waals surface area contributed by atoms with E-state index < -0.39 is 11.9 Å². The normalized spacial score (nSPS) is 17.4. The highest BCUT2D eigenvalue weighted by Gasteiger charge is 2.34. The van der Waals surface area contributed by atoms with Crippen molar-refractivity contribution in [1.29, 1.82) is 0 Å². The van der Waals surface area contributed by atoms with Gasteiger partial charge in [-0.25, -0.2) is 0 Å². The van der Waals surface area contributed by atoms with Crippen LogP contribution in [0.4, 0.5) is 0 Å². The second-order valence-corrected chi connectivity index (χ2v) is 5.71. The third-order valence-electron chi connectivity index (χ3n) is 3.62. The fraction of sp³-hybridized carbons (Fsp3) is 0.200. The summed E-state index contributed by atoms with van der Waals surface area (Å²) in [5, 5.41) is 0. The van der Waals surface area contributed by atoms with E-state index in [-0.39, 0.29) is 11.7 Å². The number of fused-ring (bicyclic) bond motifs is 1. The molecule has 0 saturated carbocycles. The number of hydrogen-bond donors (Lipinski definition) is 1. The first kappa shape index (κ1) is 13.9. The molecule has 1 unspecified atom stereocenters. The van der Waals surface area contributed by atoms with Gasteiger partial charge in [-0.15, -0.1) is 0 Å². The molecular weight excluding hydrogens is 336 g/mol. The second-order valence-electron chi connectivity index (χ2n) is 4.93. The van der Waals surface area contributed by atoms with E-state index in [1.165, 1.54) is 4.90 Å². The van der Waals surface area contributed by atoms with Crippen molar-refractivity contribution >= 4 is 27.7 Å². The molecule has 1 aliphatic heterocycles. The van der Waals surface area contributed by atoms with Gasteiger partial charge in [-0.2, -0.15) is 0 Å². The molecule has 1 aromatic heterocycles. The zero-order valence-electron chi connectivity index (χ0n) is 11.1. The van der Waals surface area contributed by atoms with Crippen molar-refractivity contribution in [2.24, 2.45) is 5.73 Å². The Morgan fingerprint density at radius 2 is 1.90 bits per heavy atom. The standard InChI is InChI=1S/C15H13BrN2O3/c16-13-6-5-12(21-13)15(20)18-8-10-4-2-1-3-9(10)7-11(18)14(17)19/h1-6,11H,7-8H2,(H2,17,19). The van der Waals surface area contributed by atoms with E-state index in [2.05, 4.69) is 15.9 Å². The van der Waals surface area contributed by atoms with Crippen LogP contribution in [-0.2, 0) is 17.8 Å². The molecule has 2 heterocycles. The van der Waals surface area contributed by atoms with Crippen LogP contribution in [0.1, 0.15) is 21.7 Å². The molecule has 0 spiro atoms. The molecule has 0 bridgehead atoms. The number of benzene rings is 1. The Labute approximate surface area is 129 Å². The van der Waals surface area contributed by atoms with Crippen LogP contribution in [0.15, 0.2) is 45.5 Å². The zero-order chi connectivity index (χ0) is 15.0. The molecule has 1 atom stereocenters. The molecule has 0 fully saturated rings. The average Bonchev–Trinajstić information content (AvgIpc) is 2.91. The summed E-state index contributed by atoms with van der Waals surface area (Å²) in [6, 6.07) is 10.3. The number of carbonyl (C=O) groups is 2. The Morgan fingerprint density at radius 3 is 2.52 bits per heavy atom. The minimum Gasteiger partial charge on any atom is -0.444 e. The maximum Gasteiger partial charge on any atom is 0.290 e. The number of halogens is 1. The van der Waals surface area contributed by atoms with Crippen LogP contribution >= 0.6 is 15.9 Å². The van der Waals surface area contributed by atoms with Gasteiger partial charge in [0.1, 0.15) is 6.04 Å². The van der Waals surface area contributed by atoms with Crippen molar-refractivity contribution in [3.05, 3.63) is 58.0 Å². The lowest BCUT2D eigenvalue weighted by Gasteiger charge is -2.34. The number of amides is 2. The predicted molar refractivity (Wildman–Crippen MR) is 79.4 cm³/mol. The SMILES string of the molecule is NC(=O)C1Cc2ccccc2CN1C(=O)c1ccc(Br)o1. The summed E-state index contributed by atoms with van der Waals surface area (Å²) in [5.74, 6) is -0.657. The largest absolute Gasteiger partial charge is 0.444 e. The molecule has 1 aromatic carbocycles. The van der Waals surface area contributed by atoms with Gasteiger partial charge in [0.2, 0.25) is 5.91 Å². The van der Waals surface area contributed by atoms with Gasteiger partial charge in [0.15, 0.2) is 10.4 Å². The van der Waals surface area contributed by atoms with E-state index in [4.69, 9.17) is 10.2 Å². The smallest absolute Gasteiger partial charge is 0.290 e. The maximum absolute atomic E-state index is 12.5. The van der Waals surface area contributed by atoms with E-state index in [1.54, 1.807) is 12.1 Å². The topological polar surface area (TPSA) is 76.5 Å². The molecule has 0 aliphatic carbocycles. The van der Waals surface area contributed by atoms with Crippen molar-refractivity contribution in [1.82, 2.24) is 4.90 Å². The summed E-state index contributed by atoms with van der Waals surface area (Å²) in [7, 11) is 0. The summed E-state index contributed by atoms with van der Waals surface area (Å²) >= 11 is 3.17. The first-order chi connectivity index (χ1) is 10.1. The van der Waals surface area contributed by atoms with Gasteiger partial charge in [0.25, 0.3) is 5.91 Å². The number of rotatable bonds is 2. The summed E-state index contributed by atoms with van der Waals surface area (Å²) < 4.78 is 5.76. The van der Waals surface area contributed by atoms with E-state index in [1.807, 2.05) is 24.3 Å². The summed E-state index contributed by atoms with van der Waals surface area (Å²) in [4.78, 5) is 25.7. The lowest BCUT2D eigenvalue weighted by molar-refractivity contribution is -0.122. The van der Waals surface area contributed by atoms with E-state index in [0.29, 0.717) is 17.6 Å². The number of hydrogen-bond acceptors (Lipinski definition) is 3. The van der Waals surface area contributed by atoms with Gasteiger partial charge < -0.3 is 15.1 Å². The quantitative estimate of drug-likeness (QED) is 0.902. The molecule has 5 nitrogen and oxygen atoms in total. The molecule has 2 N–H and O–H groups in total. The Kier molecular flexibility index (Phi) is 3.55. The Morgan fingerprint density at radius 1 is 1.19 bits per heavy atom. The van der Waals surface area contributed by atoms with E-state index in [9.17, 15) is 9.59 Å². The van der Waals surface area contributed by atoms with Gasteiger partial charge >= 0.3 is 0 Å². The first-order valence-electron chi connectivity index (χ1n) is 6.48. The minimum absolute atomic E-state index is 0.188. The highest BCUT2D eigenvalue weighted by atomic mass is 79.9. The van der Waals surface area contributed by atoms with E-state index in [0.717, 1.165) is 11.1 Å². The van der Waals surface area contributed by atoms with Gasteiger partial charge in [0, 0.05) is 13.0 Å². The molecule has 2 aromatic rings.